The number of carbonyl (C=O) groups is 3. The van der Waals surface area contributed by atoms with E-state index in [4.69, 9.17) is 10.5 Å². The van der Waals surface area contributed by atoms with Gasteiger partial charge in [-0.2, -0.15) is 4.99 Å². The zero-order valence-corrected chi connectivity index (χ0v) is 27.3. The summed E-state index contributed by atoms with van der Waals surface area (Å²) in [6, 6.07) is 4.00. The number of halogens is 2. The Morgan fingerprint density at radius 3 is 2.60 bits per heavy atom. The van der Waals surface area contributed by atoms with Crippen LogP contribution in [0.25, 0.3) is 10.9 Å². The average molecular weight is 689 g/mol. The van der Waals surface area contributed by atoms with Crippen molar-refractivity contribution in [3.8, 4) is 5.75 Å². The highest BCUT2D eigenvalue weighted by Gasteiger charge is 2.37. The molecule has 7 rings (SSSR count). The van der Waals surface area contributed by atoms with Gasteiger partial charge in [-0.15, -0.1) is 5.10 Å². The Morgan fingerprint density at radius 2 is 1.92 bits per heavy atom. The molecule has 3 heterocycles. The van der Waals surface area contributed by atoms with Gasteiger partial charge in [0.2, 0.25) is 5.43 Å². The molecule has 16 heteroatoms. The number of anilines is 1. The molecule has 0 radical (unpaired) electrons. The number of amides is 2. The zero-order valence-electron chi connectivity index (χ0n) is 27.3. The van der Waals surface area contributed by atoms with Gasteiger partial charge in [0.25, 0.3) is 0 Å². The number of piperazine rings is 1. The van der Waals surface area contributed by atoms with Crippen LogP contribution in [-0.4, -0.2) is 85.8 Å². The average Bonchev–Trinajstić information content (AvgIpc) is 3.77. The van der Waals surface area contributed by atoms with Crippen LogP contribution in [0.5, 0.6) is 5.75 Å². The molecule has 14 nitrogen and oxygen atoms in total. The summed E-state index contributed by atoms with van der Waals surface area (Å²) in [6.45, 7) is 4.23. The molecule has 1 aliphatic heterocycles. The molecule has 4 aromatic rings. The smallest absolute Gasteiger partial charge is 0.341 e. The number of benzene rings is 2. The molecule has 2 aromatic carbocycles. The van der Waals surface area contributed by atoms with Gasteiger partial charge in [0.15, 0.2) is 17.3 Å². The molecule has 2 fully saturated rings. The number of carboxylic acid groups (broad SMARTS) is 1. The van der Waals surface area contributed by atoms with Gasteiger partial charge in [0.1, 0.15) is 22.8 Å². The van der Waals surface area contributed by atoms with Crippen LogP contribution in [0.1, 0.15) is 65.3 Å². The first-order chi connectivity index (χ1) is 23.9. The van der Waals surface area contributed by atoms with Crippen LogP contribution in [0, 0.1) is 11.6 Å². The topological polar surface area (TPSA) is 178 Å². The summed E-state index contributed by atoms with van der Waals surface area (Å²) in [5.74, 6) is -3.43. The number of Topliss-reactive ketones (excluding diaryl/α,β-unsaturated/α-hetero) is 1. The van der Waals surface area contributed by atoms with Crippen molar-refractivity contribution >= 4 is 40.1 Å². The van der Waals surface area contributed by atoms with Crippen LogP contribution in [0.2, 0.25) is 0 Å². The molecule has 1 saturated heterocycles. The molecule has 260 valence electrons. The molecule has 3 N–H and O–H groups in total. The first-order valence-electron chi connectivity index (χ1n) is 16.2. The van der Waals surface area contributed by atoms with E-state index in [1.165, 1.54) is 31.5 Å². The van der Waals surface area contributed by atoms with Gasteiger partial charge >= 0.3 is 12.0 Å². The Kier molecular flexibility index (Phi) is 8.41. The monoisotopic (exact) mass is 688 g/mol. The van der Waals surface area contributed by atoms with Crippen LogP contribution < -0.4 is 20.8 Å². The summed E-state index contributed by atoms with van der Waals surface area (Å²) >= 11 is 0. The van der Waals surface area contributed by atoms with Crippen molar-refractivity contribution in [2.45, 2.75) is 57.3 Å². The van der Waals surface area contributed by atoms with Crippen LogP contribution in [0.3, 0.4) is 0 Å². The van der Waals surface area contributed by atoms with E-state index in [2.05, 4.69) is 20.2 Å². The van der Waals surface area contributed by atoms with Crippen LogP contribution in [0.15, 0.2) is 46.4 Å². The Hall–Kier alpha value is -5.51. The highest BCUT2D eigenvalue weighted by Crippen LogP contribution is 2.44. The normalized spacial score (nSPS) is 20.1. The van der Waals surface area contributed by atoms with Gasteiger partial charge in [0.05, 0.1) is 29.6 Å². The van der Waals surface area contributed by atoms with Gasteiger partial charge in [-0.3, -0.25) is 19.2 Å². The zero-order chi connectivity index (χ0) is 35.4. The standard InChI is InChI=1S/C34H34F2N8O6/c1-17-13-42(29-26(36)12-24-28(32(29)50-2)44(20-4-5-20)16-25(30(24)45)33(47)48)10-9-41(17)14-19-15-43(40-39-19)8-7-22-21-6-3-18(35)11-23(21)27(31(22)46)38-34(37)49/h3,6,11-12,15-17,20,22H,4-5,7-10,13-14H2,1-2H3,(H2,37,49)(H,47,48). The number of aliphatic imine (C=N–C) groups is 1. The van der Waals surface area contributed by atoms with Crippen molar-refractivity contribution in [2.24, 2.45) is 10.7 Å². The van der Waals surface area contributed by atoms with E-state index in [9.17, 15) is 28.7 Å². The summed E-state index contributed by atoms with van der Waals surface area (Å²) in [4.78, 5) is 57.1. The predicted molar refractivity (Wildman–Crippen MR) is 177 cm³/mol. The number of urea groups is 1. The highest BCUT2D eigenvalue weighted by atomic mass is 19.1. The number of hydrogen-bond donors (Lipinski definition) is 2. The summed E-state index contributed by atoms with van der Waals surface area (Å²) in [5.41, 5.74) is 6.03. The number of fused-ring (bicyclic) bond motifs is 2. The lowest BCUT2D eigenvalue weighted by molar-refractivity contribution is -0.114. The minimum Gasteiger partial charge on any atom is -0.492 e. The number of nitrogens with zero attached hydrogens (tertiary/aromatic N) is 7. The lowest BCUT2D eigenvalue weighted by Gasteiger charge is -2.41. The Balaban J connectivity index is 1.05. The molecule has 1 saturated carbocycles. The summed E-state index contributed by atoms with van der Waals surface area (Å²) < 4.78 is 38.9. The molecule has 2 atom stereocenters. The molecular formula is C34H34F2N8O6. The number of aromatic nitrogens is 4. The van der Waals surface area contributed by atoms with Crippen molar-refractivity contribution < 1.29 is 33.0 Å². The van der Waals surface area contributed by atoms with Gasteiger partial charge < -0.3 is 25.0 Å². The Morgan fingerprint density at radius 1 is 1.14 bits per heavy atom. The van der Waals surface area contributed by atoms with Crippen molar-refractivity contribution in [1.82, 2.24) is 24.5 Å². The largest absolute Gasteiger partial charge is 0.492 e. The summed E-state index contributed by atoms with van der Waals surface area (Å²) in [5, 5.41) is 18.1. The van der Waals surface area contributed by atoms with Crippen molar-refractivity contribution in [3.05, 3.63) is 80.9 Å². The lowest BCUT2D eigenvalue weighted by atomic mass is 9.97. The second-order valence-corrected chi connectivity index (χ2v) is 12.9. The van der Waals surface area contributed by atoms with E-state index in [0.717, 1.165) is 18.9 Å². The van der Waals surface area contributed by atoms with E-state index in [-0.39, 0.29) is 40.2 Å². The molecule has 0 bridgehead atoms. The number of ketones is 1. The van der Waals surface area contributed by atoms with Crippen LogP contribution in [-0.2, 0) is 17.9 Å². The quantitative estimate of drug-likeness (QED) is 0.265. The highest BCUT2D eigenvalue weighted by molar-refractivity contribution is 6.52. The van der Waals surface area contributed by atoms with Crippen LogP contribution >= 0.6 is 0 Å². The van der Waals surface area contributed by atoms with Crippen molar-refractivity contribution in [2.75, 3.05) is 31.6 Å². The van der Waals surface area contributed by atoms with Gasteiger partial charge in [-0.1, -0.05) is 11.3 Å². The number of methoxy groups -OCH3 is 1. The Labute approximate surface area is 283 Å². The number of carbonyl (C=O) groups excluding carboxylic acids is 2. The number of ether oxygens (including phenoxy) is 1. The number of pyridine rings is 1. The maximum atomic E-state index is 15.9. The van der Waals surface area contributed by atoms with Gasteiger partial charge in [-0.25, -0.2) is 18.4 Å². The number of primary amides is 1. The van der Waals surface area contributed by atoms with Gasteiger partial charge in [-0.05, 0) is 49.9 Å². The molecule has 2 amide bonds. The minimum atomic E-state index is -1.36. The van der Waals surface area contributed by atoms with Crippen molar-refractivity contribution in [3.63, 3.8) is 0 Å². The number of rotatable bonds is 9. The minimum absolute atomic E-state index is 0.000199. The number of aromatic carboxylic acids is 1. The molecule has 0 spiro atoms. The lowest BCUT2D eigenvalue weighted by Crippen LogP contribution is -2.51. The second kappa shape index (κ2) is 12.7. The van der Waals surface area contributed by atoms with Crippen LogP contribution in [0.4, 0.5) is 19.3 Å². The van der Waals surface area contributed by atoms with Crippen molar-refractivity contribution in [1.29, 1.82) is 0 Å². The summed E-state index contributed by atoms with van der Waals surface area (Å²) in [7, 11) is 1.42. The second-order valence-electron chi connectivity index (χ2n) is 12.9. The number of aryl methyl sites for hydroxylation is 1. The molecule has 3 aliphatic rings. The fourth-order valence-electron chi connectivity index (χ4n) is 7.14. The van der Waals surface area contributed by atoms with E-state index in [0.29, 0.717) is 55.9 Å². The molecule has 2 aliphatic carbocycles. The molecular weight excluding hydrogens is 654 g/mol. The maximum Gasteiger partial charge on any atom is 0.341 e. The van der Waals surface area contributed by atoms with E-state index < -0.39 is 46.3 Å². The first-order valence-corrected chi connectivity index (χ1v) is 16.2. The van der Waals surface area contributed by atoms with E-state index >= 15 is 4.39 Å². The molecule has 2 aromatic heterocycles. The third-order valence-electron chi connectivity index (χ3n) is 9.67. The Bertz CT molecular complexity index is 2160. The van der Waals surface area contributed by atoms with Gasteiger partial charge in [0, 0.05) is 62.8 Å². The van der Waals surface area contributed by atoms with E-state index in [1.807, 2.05) is 11.8 Å². The number of hydrogen-bond acceptors (Lipinski definition) is 9. The fourth-order valence-corrected chi connectivity index (χ4v) is 7.14. The maximum absolute atomic E-state index is 15.9. The first kappa shape index (κ1) is 33.0. The third-order valence-corrected chi connectivity index (χ3v) is 9.67. The SMILES string of the molecule is COc1c(N2CCN(Cc3cn(CCC4C(=O)C(=NC(N)=O)c5cc(F)ccc54)nn3)C(C)C2)c(F)cc2c(=O)c(C(=O)O)cn(C3CC3)c12. The predicted octanol–water partition coefficient (Wildman–Crippen LogP) is 3.25. The third kappa shape index (κ3) is 5.88. The fraction of sp³-hybridized carbons (Fsp3) is 0.382. The molecule has 2 unspecified atom stereocenters. The van der Waals surface area contributed by atoms with E-state index in [1.54, 1.807) is 15.4 Å². The number of carboxylic acids is 1. The summed E-state index contributed by atoms with van der Waals surface area (Å²) in [6.07, 6.45) is 5.07. The molecule has 50 heavy (non-hydrogen) atoms. The number of nitrogens with two attached hydrogens (primary N) is 1.